The normalized spacial score (nSPS) is 12.1. The van der Waals surface area contributed by atoms with E-state index < -0.39 is 5.60 Å². The second-order valence-electron chi connectivity index (χ2n) is 6.35. The molecule has 0 aromatic carbocycles. The Morgan fingerprint density at radius 2 is 1.58 bits per heavy atom. The van der Waals surface area contributed by atoms with Crippen molar-refractivity contribution in [2.75, 3.05) is 27.2 Å². The highest BCUT2D eigenvalue weighted by molar-refractivity contribution is 7.80. The first kappa shape index (κ1) is 24.0. The third-order valence-corrected chi connectivity index (χ3v) is 3.37. The van der Waals surface area contributed by atoms with Crippen LogP contribution in [0.4, 0.5) is 4.79 Å². The fraction of sp³-hybridized carbons (Fsp3) is 0.667. The summed E-state index contributed by atoms with van der Waals surface area (Å²) < 4.78 is 5.27. The summed E-state index contributed by atoms with van der Waals surface area (Å²) in [7, 11) is 3.37. The summed E-state index contributed by atoms with van der Waals surface area (Å²) in [5.74, 6) is 0. The van der Waals surface area contributed by atoms with Gasteiger partial charge in [0.1, 0.15) is 5.60 Å². The largest absolute Gasteiger partial charge is 0.444 e. The summed E-state index contributed by atoms with van der Waals surface area (Å²) in [6, 6.07) is 0. The minimum Gasteiger partial charge on any atom is -0.444 e. The number of hydrogen-bond acceptors (Lipinski definition) is 6. The van der Waals surface area contributed by atoms with Crippen LogP contribution in [0.1, 0.15) is 34.6 Å². The van der Waals surface area contributed by atoms with Gasteiger partial charge in [-0.15, -0.1) is 0 Å². The molecule has 0 aliphatic rings. The molecule has 0 bridgehead atoms. The maximum absolute atomic E-state index is 11.8. The van der Waals surface area contributed by atoms with E-state index in [1.54, 1.807) is 27.9 Å². The summed E-state index contributed by atoms with van der Waals surface area (Å²) in [6.45, 7) is 9.94. The van der Waals surface area contributed by atoms with E-state index in [1.807, 2.05) is 20.8 Å². The van der Waals surface area contributed by atoms with Crippen molar-refractivity contribution in [3.63, 3.8) is 0 Å². The minimum atomic E-state index is -0.521. The Balaban J connectivity index is 4.26. The van der Waals surface area contributed by atoms with Crippen molar-refractivity contribution in [2.45, 2.75) is 40.2 Å². The summed E-state index contributed by atoms with van der Waals surface area (Å²) >= 11 is 10.1. The number of rotatable bonds is 6. The van der Waals surface area contributed by atoms with Crippen LogP contribution < -0.4 is 21.5 Å². The zero-order chi connectivity index (χ0) is 20.3. The Morgan fingerprint density at radius 1 is 1.08 bits per heavy atom. The molecule has 26 heavy (non-hydrogen) atoms. The number of ether oxygens (including phenoxy) is 1. The molecule has 0 aliphatic carbocycles. The van der Waals surface area contributed by atoms with E-state index in [4.69, 9.17) is 29.2 Å². The van der Waals surface area contributed by atoms with Gasteiger partial charge in [-0.1, -0.05) is 0 Å². The van der Waals surface area contributed by atoms with Gasteiger partial charge in [0.05, 0.1) is 11.4 Å². The van der Waals surface area contributed by atoms with Gasteiger partial charge in [0.2, 0.25) is 0 Å². The fourth-order valence-electron chi connectivity index (χ4n) is 1.29. The molecular weight excluding hydrogens is 374 g/mol. The molecule has 0 aromatic heterocycles. The number of hydrazone groups is 2. The summed E-state index contributed by atoms with van der Waals surface area (Å²) in [5.41, 5.74) is 6.18. The standard InChI is InChI=1S/C15H29N7O2S2/c1-10(18-20-12(25)16-6)11(2)19-21-13(26)17-8-9-22(7)14(23)24-15(3,4)5/h8-9H2,1-7H3,(H2,16,20,25)(H2,17,21,26)/b18-10+,19-11+. The smallest absolute Gasteiger partial charge is 0.410 e. The van der Waals surface area contributed by atoms with Crippen LogP contribution >= 0.6 is 24.4 Å². The molecule has 148 valence electrons. The van der Waals surface area contributed by atoms with Gasteiger partial charge in [-0.05, 0) is 59.1 Å². The first-order chi connectivity index (χ1) is 12.0. The predicted octanol–water partition coefficient (Wildman–Crippen LogP) is 1.16. The monoisotopic (exact) mass is 403 g/mol. The highest BCUT2D eigenvalue weighted by Crippen LogP contribution is 2.08. The molecular formula is C15H29N7O2S2. The van der Waals surface area contributed by atoms with Crippen molar-refractivity contribution < 1.29 is 9.53 Å². The van der Waals surface area contributed by atoms with Crippen LogP contribution in [0.5, 0.6) is 0 Å². The van der Waals surface area contributed by atoms with Crippen molar-refractivity contribution in [3.05, 3.63) is 0 Å². The topological polar surface area (TPSA) is 102 Å². The molecule has 0 spiro atoms. The lowest BCUT2D eigenvalue weighted by Crippen LogP contribution is -2.41. The molecule has 0 fully saturated rings. The lowest BCUT2D eigenvalue weighted by atomic mass is 10.2. The molecule has 0 radical (unpaired) electrons. The van der Waals surface area contributed by atoms with Gasteiger partial charge < -0.3 is 20.3 Å². The third kappa shape index (κ3) is 11.5. The Labute approximate surface area is 166 Å². The molecule has 0 unspecified atom stereocenters. The molecule has 0 atom stereocenters. The van der Waals surface area contributed by atoms with Crippen LogP contribution in [-0.2, 0) is 4.74 Å². The number of likely N-dealkylation sites (N-methyl/N-ethyl adjacent to an activating group) is 1. The average molecular weight is 404 g/mol. The van der Waals surface area contributed by atoms with Crippen molar-refractivity contribution in [1.82, 2.24) is 26.4 Å². The predicted molar refractivity (Wildman–Crippen MR) is 114 cm³/mol. The Morgan fingerprint density at radius 3 is 2.04 bits per heavy atom. The molecule has 0 rings (SSSR count). The summed E-state index contributed by atoms with van der Waals surface area (Å²) in [6.07, 6.45) is -0.383. The lowest BCUT2D eigenvalue weighted by molar-refractivity contribution is 0.0302. The first-order valence-corrected chi connectivity index (χ1v) is 8.82. The average Bonchev–Trinajstić information content (AvgIpc) is 2.55. The molecule has 1 amide bonds. The van der Waals surface area contributed by atoms with Crippen LogP contribution in [0.3, 0.4) is 0 Å². The van der Waals surface area contributed by atoms with Crippen LogP contribution in [0.15, 0.2) is 10.2 Å². The second-order valence-corrected chi connectivity index (χ2v) is 7.17. The van der Waals surface area contributed by atoms with Crippen molar-refractivity contribution in [3.8, 4) is 0 Å². The molecule has 0 aromatic rings. The number of hydrogen-bond donors (Lipinski definition) is 4. The first-order valence-electron chi connectivity index (χ1n) is 8.01. The minimum absolute atomic E-state index is 0.341. The number of carbonyl (C=O) groups is 1. The molecule has 0 saturated heterocycles. The van der Waals surface area contributed by atoms with Crippen molar-refractivity contribution in [2.24, 2.45) is 10.2 Å². The molecule has 0 aliphatic heterocycles. The van der Waals surface area contributed by atoms with Gasteiger partial charge in [0.25, 0.3) is 0 Å². The van der Waals surface area contributed by atoms with E-state index in [-0.39, 0.29) is 6.09 Å². The quantitative estimate of drug-likeness (QED) is 0.298. The van der Waals surface area contributed by atoms with Gasteiger partial charge in [0.15, 0.2) is 10.2 Å². The molecule has 4 N–H and O–H groups in total. The highest BCUT2D eigenvalue weighted by atomic mass is 32.1. The highest BCUT2D eigenvalue weighted by Gasteiger charge is 2.19. The van der Waals surface area contributed by atoms with E-state index in [9.17, 15) is 4.79 Å². The van der Waals surface area contributed by atoms with Crippen LogP contribution in [-0.4, -0.2) is 65.4 Å². The van der Waals surface area contributed by atoms with Crippen molar-refractivity contribution in [1.29, 1.82) is 0 Å². The Bertz CT molecular complexity index is 571. The van der Waals surface area contributed by atoms with Crippen LogP contribution in [0, 0.1) is 0 Å². The SMILES string of the molecule is CNC(=S)N/N=C(C)/C(C)=N/NC(=S)NCCN(C)C(=O)OC(C)(C)C. The van der Waals surface area contributed by atoms with Crippen molar-refractivity contribution >= 4 is 52.2 Å². The summed E-state index contributed by atoms with van der Waals surface area (Å²) in [4.78, 5) is 13.3. The van der Waals surface area contributed by atoms with E-state index in [1.165, 1.54) is 4.90 Å². The van der Waals surface area contributed by atoms with Gasteiger partial charge in [0, 0.05) is 27.2 Å². The molecule has 9 nitrogen and oxygen atoms in total. The van der Waals surface area contributed by atoms with E-state index in [0.717, 1.165) is 0 Å². The van der Waals surface area contributed by atoms with Gasteiger partial charge >= 0.3 is 6.09 Å². The number of amides is 1. The maximum Gasteiger partial charge on any atom is 0.410 e. The number of thiocarbonyl (C=S) groups is 2. The fourth-order valence-corrected chi connectivity index (χ4v) is 1.49. The molecule has 0 saturated carbocycles. The zero-order valence-electron chi connectivity index (χ0n) is 16.4. The zero-order valence-corrected chi connectivity index (χ0v) is 18.0. The van der Waals surface area contributed by atoms with Gasteiger partial charge in [-0.25, -0.2) is 4.79 Å². The van der Waals surface area contributed by atoms with Gasteiger partial charge in [-0.2, -0.15) is 10.2 Å². The van der Waals surface area contributed by atoms with Crippen LogP contribution in [0.25, 0.3) is 0 Å². The van der Waals surface area contributed by atoms with E-state index in [0.29, 0.717) is 34.7 Å². The second kappa shape index (κ2) is 11.6. The molecule has 11 heteroatoms. The number of carbonyl (C=O) groups excluding carboxylic acids is 1. The van der Waals surface area contributed by atoms with E-state index in [2.05, 4.69) is 31.7 Å². The Kier molecular flexibility index (Phi) is 10.7. The number of nitrogens with zero attached hydrogens (tertiary/aromatic N) is 3. The van der Waals surface area contributed by atoms with E-state index >= 15 is 0 Å². The maximum atomic E-state index is 11.8. The van der Waals surface area contributed by atoms with Crippen LogP contribution in [0.2, 0.25) is 0 Å². The number of nitrogens with one attached hydrogen (secondary N) is 4. The lowest BCUT2D eigenvalue weighted by Gasteiger charge is -2.24. The Hall–Kier alpha value is -2.01. The third-order valence-electron chi connectivity index (χ3n) is 2.84. The summed E-state index contributed by atoms with van der Waals surface area (Å²) in [5, 5.41) is 14.7. The van der Waals surface area contributed by atoms with Gasteiger partial charge in [-0.3, -0.25) is 10.9 Å². The molecule has 0 heterocycles.